The number of aromatic carboxylic acids is 2. The quantitative estimate of drug-likeness (QED) is 0.0462. The molecule has 6 heterocycles. The molecule has 132 heavy (non-hydrogen) atoms. The van der Waals surface area contributed by atoms with E-state index in [0.717, 1.165) is 105 Å². The molecule has 0 amide bonds. The molecule has 0 bridgehead atoms. The molecule has 6 aromatic heterocycles. The second kappa shape index (κ2) is 52.1. The predicted octanol–water partition coefficient (Wildman–Crippen LogP) is 22.0. The minimum atomic E-state index is -4.40. The molecule has 0 saturated heterocycles. The summed E-state index contributed by atoms with van der Waals surface area (Å²) >= 11 is 0. The van der Waals surface area contributed by atoms with E-state index in [-0.39, 0.29) is 161 Å². The number of pyridine rings is 2. The van der Waals surface area contributed by atoms with Gasteiger partial charge in [0.2, 0.25) is 0 Å². The molecular weight excluding hydrogens is 2430 g/mol. The summed E-state index contributed by atoms with van der Waals surface area (Å²) in [4.78, 5) is 63.6. The van der Waals surface area contributed by atoms with Crippen LogP contribution in [-0.4, -0.2) is 117 Å². The van der Waals surface area contributed by atoms with Gasteiger partial charge in [0.1, 0.15) is 34.7 Å². The summed E-state index contributed by atoms with van der Waals surface area (Å²) in [7, 11) is 0. The number of para-hydroxylation sites is 8. The fourth-order valence-electron chi connectivity index (χ4n) is 12.1. The Labute approximate surface area is 804 Å². The van der Waals surface area contributed by atoms with Crippen LogP contribution in [0.25, 0.3) is 123 Å². The normalized spacial score (nSPS) is 11.3. The Kier molecular flexibility index (Phi) is 42.8. The maximum atomic E-state index is 13.7. The van der Waals surface area contributed by atoms with Gasteiger partial charge in [-0.25, -0.2) is 54.7 Å². The SMILES string of the molecule is CC(O)CC(C)O.CC(O)CC(C)O.Cc1ccc(-c2nc3ccccc3nc2-c2[c-]cc(C(F)(F)F)cc2)cc1.Cc1nc2ccccc2nc1-c1[c-]cccc1.Fc1[c-]c(-c2nc3ccccc3nc2-c2cc(F)cc(F)c2)cc(F)c1.Fc1[c-]c(-c2nc3ccccc3nc2-c2cc(F)cc(F)c2)cc(F)c1.O=C(O)c1ccccn1.O=C(O)c1ccccn1.[Ir].[Ir].[Ir].[Ir]. The van der Waals surface area contributed by atoms with Crippen LogP contribution < -0.4 is 0 Å². The van der Waals surface area contributed by atoms with E-state index in [1.165, 1.54) is 30.6 Å². The maximum Gasteiger partial charge on any atom is 0.381 e. The van der Waals surface area contributed by atoms with Crippen molar-refractivity contribution in [2.75, 3.05) is 0 Å². The fraction of sp³-hybridized carbons (Fsp3) is 0.131. The molecule has 4 unspecified atom stereocenters. The zero-order valence-electron chi connectivity index (χ0n) is 70.2. The summed E-state index contributed by atoms with van der Waals surface area (Å²) in [6, 6.07) is 77.4. The van der Waals surface area contributed by atoms with Gasteiger partial charge in [0.05, 0.1) is 85.6 Å². The molecule has 0 fully saturated rings. The Balaban J connectivity index is 0.000000243. The fourth-order valence-corrected chi connectivity index (χ4v) is 12.1. The Bertz CT molecular complexity index is 6120. The molecule has 18 nitrogen and oxygen atoms in total. The van der Waals surface area contributed by atoms with Gasteiger partial charge in [-0.15, -0.1) is 101 Å². The van der Waals surface area contributed by atoms with Crippen LogP contribution >= 0.6 is 0 Å². The molecule has 17 aromatic rings. The summed E-state index contributed by atoms with van der Waals surface area (Å²) < 4.78 is 148. The van der Waals surface area contributed by atoms with Crippen molar-refractivity contribution < 1.29 is 169 Å². The topological polar surface area (TPSA) is 284 Å². The summed E-state index contributed by atoms with van der Waals surface area (Å²) in [5.74, 6) is -8.62. The number of nitrogens with zero attached hydrogens (tertiary/aromatic N) is 10. The summed E-state index contributed by atoms with van der Waals surface area (Å²) in [5.41, 5.74) is 11.5. The summed E-state index contributed by atoms with van der Waals surface area (Å²) in [6.07, 6.45) is -2.06. The first-order valence-corrected chi connectivity index (χ1v) is 39.0. The first kappa shape index (κ1) is 108. The van der Waals surface area contributed by atoms with E-state index in [9.17, 15) is 57.9 Å². The van der Waals surface area contributed by atoms with E-state index in [1.54, 1.807) is 100 Å². The number of rotatable bonds is 13. The third-order valence-electron chi connectivity index (χ3n) is 17.7. The Hall–Kier alpha value is -12.3. The minimum absolute atomic E-state index is 0. The number of carboxylic acids is 2. The molecule has 0 aliphatic carbocycles. The molecule has 6 N–H and O–H groups in total. The average Bonchev–Trinajstić information content (AvgIpc) is 0.781. The maximum absolute atomic E-state index is 13.7. The van der Waals surface area contributed by atoms with Crippen LogP contribution in [0.4, 0.5) is 48.3 Å². The van der Waals surface area contributed by atoms with Crippen molar-refractivity contribution in [2.45, 2.75) is 85.0 Å². The number of carbonyl (C=O) groups is 2. The van der Waals surface area contributed by atoms with Crippen molar-refractivity contribution in [3.05, 3.63) is 372 Å². The number of aliphatic hydroxyl groups excluding tert-OH is 4. The van der Waals surface area contributed by atoms with Gasteiger partial charge in [0.15, 0.2) is 0 Å². The molecule has 0 saturated carbocycles. The monoisotopic (exact) mass is 2510 g/mol. The number of carboxylic acid groups (broad SMARTS) is 2. The number of aliphatic hydroxyl groups is 4. The van der Waals surface area contributed by atoms with Gasteiger partial charge in [-0.05, 0) is 174 Å². The van der Waals surface area contributed by atoms with E-state index >= 15 is 0 Å². The van der Waals surface area contributed by atoms with Crippen LogP contribution in [0, 0.1) is 84.7 Å². The molecule has 688 valence electrons. The van der Waals surface area contributed by atoms with Crippen molar-refractivity contribution in [1.82, 2.24) is 49.8 Å². The number of hydrogen-bond acceptors (Lipinski definition) is 16. The molecule has 0 aliphatic rings. The summed E-state index contributed by atoms with van der Waals surface area (Å²) in [6.45, 7) is 10.6. The number of fused-ring (bicyclic) bond motifs is 4. The predicted molar refractivity (Wildman–Crippen MR) is 464 cm³/mol. The van der Waals surface area contributed by atoms with Gasteiger partial charge in [0, 0.05) is 157 Å². The van der Waals surface area contributed by atoms with Crippen LogP contribution in [0.2, 0.25) is 0 Å². The Morgan fingerprint density at radius 3 is 0.932 bits per heavy atom. The molecule has 11 aromatic carbocycles. The van der Waals surface area contributed by atoms with Crippen LogP contribution in [0.1, 0.15) is 78.3 Å². The van der Waals surface area contributed by atoms with E-state index < -0.39 is 70.2 Å². The van der Waals surface area contributed by atoms with Crippen LogP contribution in [0.15, 0.2) is 273 Å². The number of hydrogen-bond donors (Lipinski definition) is 6. The van der Waals surface area contributed by atoms with Crippen molar-refractivity contribution in [3.8, 4) is 78.8 Å². The standard InChI is InChI=1S/C22H14F3N2.2C20H9F4N2.C15H11N2.2C6H5NO2.2C5H12O2.4Ir/c1-14-6-8-15(9-7-14)20-21(27-19-5-3-2-4-18(19)26-20)16-10-12-17(13-11-16)22(23,24)25;2*21-13-5-11(6-14(22)9-13)19-20(12-7-15(23)10-16(24)8-12)26-18-4-2-1-3-17(18)25-19;1-11-15(12-7-3-2-4-8-12)17-14-10-6-5-9-13(14)16-11;2*8-6(9)5-3-1-2-4-7-5;2*1-4(6)3-5(2)7;;;;/h2-10,12-13H,1H3;2*1-7,9-10H;2-7,9-10H,1H3;2*1-4H,(H,8,9);2*4-7H,3H2,1-2H3;;;;/q4*-1;;;;;;;;. The number of alkyl halides is 3. The van der Waals surface area contributed by atoms with Crippen LogP contribution in [0.3, 0.4) is 0 Å². The zero-order valence-corrected chi connectivity index (χ0v) is 79.7. The smallest absolute Gasteiger partial charge is 0.381 e. The Morgan fingerprint density at radius 2 is 0.644 bits per heavy atom. The zero-order chi connectivity index (χ0) is 92.3. The van der Waals surface area contributed by atoms with Crippen molar-refractivity contribution in [1.29, 1.82) is 0 Å². The second-order valence-corrected chi connectivity index (χ2v) is 28.4. The molecule has 17 rings (SSSR count). The van der Waals surface area contributed by atoms with Gasteiger partial charge in [0.25, 0.3) is 0 Å². The van der Waals surface area contributed by atoms with Gasteiger partial charge in [-0.1, -0.05) is 103 Å². The first-order chi connectivity index (χ1) is 61.1. The van der Waals surface area contributed by atoms with E-state index in [2.05, 4.69) is 69.1 Å². The largest absolute Gasteiger partial charge is 0.477 e. The van der Waals surface area contributed by atoms with Gasteiger partial charge < -0.3 is 30.6 Å². The number of benzene rings is 11. The van der Waals surface area contributed by atoms with Crippen molar-refractivity contribution in [2.24, 2.45) is 0 Å². The van der Waals surface area contributed by atoms with E-state index in [4.69, 9.17) is 35.6 Å². The minimum Gasteiger partial charge on any atom is -0.477 e. The molecular formula is C99H77F11Ir4N10O8-4. The number of aromatic nitrogens is 10. The molecule has 4 radical (unpaired) electrons. The third kappa shape index (κ3) is 32.6. The van der Waals surface area contributed by atoms with Gasteiger partial charge >= 0.3 is 18.1 Å². The van der Waals surface area contributed by atoms with Crippen LogP contribution in [0.5, 0.6) is 0 Å². The third-order valence-corrected chi connectivity index (χ3v) is 17.7. The van der Waals surface area contributed by atoms with E-state index in [0.29, 0.717) is 69.5 Å². The second-order valence-electron chi connectivity index (χ2n) is 28.4. The first-order valence-electron chi connectivity index (χ1n) is 39.0. The molecule has 0 aliphatic heterocycles. The number of halogens is 11. The van der Waals surface area contributed by atoms with E-state index in [1.807, 2.05) is 111 Å². The van der Waals surface area contributed by atoms with Crippen molar-refractivity contribution >= 4 is 56.1 Å². The summed E-state index contributed by atoms with van der Waals surface area (Å²) in [5, 5.41) is 50.9. The van der Waals surface area contributed by atoms with Crippen LogP contribution in [-0.2, 0) is 86.6 Å². The molecule has 33 heteroatoms. The average molecular weight is 2510 g/mol. The molecule has 4 atom stereocenters. The van der Waals surface area contributed by atoms with Crippen molar-refractivity contribution in [3.63, 3.8) is 0 Å². The Morgan fingerprint density at radius 1 is 0.333 bits per heavy atom. The molecule has 0 spiro atoms. The van der Waals surface area contributed by atoms with Gasteiger partial charge in [-0.3, -0.25) is 39.9 Å². The van der Waals surface area contributed by atoms with Gasteiger partial charge in [-0.2, -0.15) is 13.2 Å². The number of aryl methyl sites for hydroxylation is 2.